The van der Waals surface area contributed by atoms with Crippen LogP contribution in [0.3, 0.4) is 0 Å². The van der Waals surface area contributed by atoms with Crippen LogP contribution in [-0.2, 0) is 4.79 Å². The minimum Gasteiger partial charge on any atom is -0.481 e. The molecule has 1 N–H and O–H groups in total. The van der Waals surface area contributed by atoms with Gasteiger partial charge in [-0.05, 0) is 24.7 Å². The van der Waals surface area contributed by atoms with Gasteiger partial charge in [-0.1, -0.05) is 89.0 Å². The molecule has 0 radical (unpaired) electrons. The van der Waals surface area contributed by atoms with Gasteiger partial charge in [0.1, 0.15) is 0 Å². The number of carboxylic acid groups (broad SMARTS) is 1. The van der Waals surface area contributed by atoms with E-state index < -0.39 is 5.97 Å². The molecular weight excluding hydrogens is 272 g/mol. The van der Waals surface area contributed by atoms with Gasteiger partial charge in [-0.2, -0.15) is 0 Å². The highest BCUT2D eigenvalue weighted by Crippen LogP contribution is 2.37. The summed E-state index contributed by atoms with van der Waals surface area (Å²) >= 11 is 0. The molecule has 1 aliphatic carbocycles. The first kappa shape index (κ1) is 19.0. The molecule has 0 saturated heterocycles. The molecule has 1 fully saturated rings. The molecule has 1 saturated carbocycles. The van der Waals surface area contributed by atoms with E-state index in [1.54, 1.807) is 6.08 Å². The molecule has 0 aromatic rings. The van der Waals surface area contributed by atoms with Crippen molar-refractivity contribution < 1.29 is 9.90 Å². The Bertz CT molecular complexity index is 344. The molecule has 0 heterocycles. The van der Waals surface area contributed by atoms with E-state index in [1.165, 1.54) is 64.2 Å². The van der Waals surface area contributed by atoms with E-state index in [0.29, 0.717) is 0 Å². The summed E-state index contributed by atoms with van der Waals surface area (Å²) in [5.74, 6) is 1.03. The summed E-state index contributed by atoms with van der Waals surface area (Å²) in [7, 11) is 0. The zero-order valence-corrected chi connectivity index (χ0v) is 14.3. The minimum atomic E-state index is -0.764. The lowest BCUT2D eigenvalue weighted by Crippen LogP contribution is -2.06. The normalized spacial score (nSPS) is 22.0. The lowest BCUT2D eigenvalue weighted by molar-refractivity contribution is -0.136. The molecule has 0 spiro atoms. The second-order valence-corrected chi connectivity index (χ2v) is 6.70. The standard InChI is InChI=1S/C20H34O2/c1-2-3-4-5-6-9-13-18-15-12-16-19(18)14-10-7-8-11-17-20(21)22/h7-8,10-11,18-19H,2-6,9,12-17H2,1H3,(H,21,22)/t18-,19-/m0/s1. The van der Waals surface area contributed by atoms with E-state index in [-0.39, 0.29) is 6.42 Å². The molecule has 0 unspecified atom stereocenters. The molecule has 2 heteroatoms. The third-order valence-electron chi connectivity index (χ3n) is 4.86. The van der Waals surface area contributed by atoms with E-state index in [4.69, 9.17) is 5.11 Å². The summed E-state index contributed by atoms with van der Waals surface area (Å²) in [4.78, 5) is 10.4. The minimum absolute atomic E-state index is 0.119. The quantitative estimate of drug-likeness (QED) is 0.348. The van der Waals surface area contributed by atoms with Crippen LogP contribution in [-0.4, -0.2) is 11.1 Å². The predicted octanol–water partition coefficient (Wildman–Crippen LogP) is 6.13. The fourth-order valence-electron chi connectivity index (χ4n) is 3.57. The number of unbranched alkanes of at least 4 members (excludes halogenated alkanes) is 5. The number of allylic oxidation sites excluding steroid dienone is 3. The molecule has 2 atom stereocenters. The first-order valence-electron chi connectivity index (χ1n) is 9.27. The van der Waals surface area contributed by atoms with E-state index in [9.17, 15) is 4.79 Å². The molecule has 0 aliphatic heterocycles. The predicted molar refractivity (Wildman–Crippen MR) is 94.0 cm³/mol. The van der Waals surface area contributed by atoms with Gasteiger partial charge in [-0.3, -0.25) is 4.79 Å². The Morgan fingerprint density at radius 1 is 1.00 bits per heavy atom. The third-order valence-corrected chi connectivity index (χ3v) is 4.86. The van der Waals surface area contributed by atoms with Crippen molar-refractivity contribution in [1.82, 2.24) is 0 Å². The summed E-state index contributed by atoms with van der Waals surface area (Å²) < 4.78 is 0. The van der Waals surface area contributed by atoms with Gasteiger partial charge in [0.15, 0.2) is 0 Å². The van der Waals surface area contributed by atoms with Crippen LogP contribution in [0, 0.1) is 11.8 Å². The lowest BCUT2D eigenvalue weighted by Gasteiger charge is -2.17. The summed E-state index contributed by atoms with van der Waals surface area (Å²) in [5.41, 5.74) is 0. The molecule has 0 aromatic heterocycles. The Morgan fingerprint density at radius 3 is 2.45 bits per heavy atom. The van der Waals surface area contributed by atoms with Crippen molar-refractivity contribution in [2.45, 2.75) is 84.0 Å². The van der Waals surface area contributed by atoms with Gasteiger partial charge < -0.3 is 5.11 Å². The summed E-state index contributed by atoms with van der Waals surface area (Å²) in [6, 6.07) is 0. The molecule has 0 amide bonds. The van der Waals surface area contributed by atoms with Crippen molar-refractivity contribution in [3.05, 3.63) is 24.3 Å². The molecule has 2 nitrogen and oxygen atoms in total. The largest absolute Gasteiger partial charge is 0.481 e. The maximum absolute atomic E-state index is 10.4. The van der Waals surface area contributed by atoms with Crippen molar-refractivity contribution in [3.8, 4) is 0 Å². The summed E-state index contributed by atoms with van der Waals surface area (Å²) in [6.07, 6.45) is 23.1. The van der Waals surface area contributed by atoms with E-state index in [2.05, 4.69) is 13.0 Å². The van der Waals surface area contributed by atoms with Crippen molar-refractivity contribution in [2.24, 2.45) is 11.8 Å². The highest BCUT2D eigenvalue weighted by molar-refractivity contribution is 5.68. The Kier molecular flexibility index (Phi) is 10.8. The number of carbonyl (C=O) groups is 1. The molecule has 0 aromatic carbocycles. The van der Waals surface area contributed by atoms with E-state index in [0.717, 1.165) is 18.3 Å². The fraction of sp³-hybridized carbons (Fsp3) is 0.750. The van der Waals surface area contributed by atoms with Gasteiger partial charge in [0.05, 0.1) is 6.42 Å². The Labute approximate surface area is 136 Å². The molecular formula is C20H34O2. The van der Waals surface area contributed by atoms with Crippen molar-refractivity contribution in [3.63, 3.8) is 0 Å². The highest BCUT2D eigenvalue weighted by atomic mass is 16.4. The van der Waals surface area contributed by atoms with Crippen molar-refractivity contribution in [1.29, 1.82) is 0 Å². The van der Waals surface area contributed by atoms with Crippen molar-refractivity contribution >= 4 is 5.97 Å². The molecule has 126 valence electrons. The van der Waals surface area contributed by atoms with Crippen LogP contribution in [0.2, 0.25) is 0 Å². The van der Waals surface area contributed by atoms with Crippen LogP contribution in [0.25, 0.3) is 0 Å². The molecule has 1 rings (SSSR count). The van der Waals surface area contributed by atoms with Gasteiger partial charge in [0, 0.05) is 0 Å². The molecule has 0 bridgehead atoms. The van der Waals surface area contributed by atoms with Gasteiger partial charge in [-0.15, -0.1) is 0 Å². The zero-order valence-electron chi connectivity index (χ0n) is 14.3. The first-order valence-corrected chi connectivity index (χ1v) is 9.27. The second-order valence-electron chi connectivity index (χ2n) is 6.70. The van der Waals surface area contributed by atoms with Gasteiger partial charge in [0.25, 0.3) is 0 Å². The SMILES string of the molecule is CCCCCCCC[C@H]1CCC[C@@H]1CC=CC=CCC(=O)O. The summed E-state index contributed by atoms with van der Waals surface area (Å²) in [6.45, 7) is 2.27. The topological polar surface area (TPSA) is 37.3 Å². The zero-order chi connectivity index (χ0) is 16.0. The first-order chi connectivity index (χ1) is 10.7. The maximum Gasteiger partial charge on any atom is 0.307 e. The fourth-order valence-corrected chi connectivity index (χ4v) is 3.57. The number of rotatable bonds is 12. The smallest absolute Gasteiger partial charge is 0.307 e. The van der Waals surface area contributed by atoms with Crippen LogP contribution in [0.1, 0.15) is 84.0 Å². The number of aliphatic carboxylic acids is 1. The van der Waals surface area contributed by atoms with Gasteiger partial charge >= 0.3 is 5.97 Å². The second kappa shape index (κ2) is 12.5. The third kappa shape index (κ3) is 9.07. The maximum atomic E-state index is 10.4. The van der Waals surface area contributed by atoms with E-state index >= 15 is 0 Å². The van der Waals surface area contributed by atoms with E-state index in [1.807, 2.05) is 12.2 Å². The van der Waals surface area contributed by atoms with Gasteiger partial charge in [0.2, 0.25) is 0 Å². The van der Waals surface area contributed by atoms with Crippen molar-refractivity contribution in [2.75, 3.05) is 0 Å². The monoisotopic (exact) mass is 306 g/mol. The number of hydrogen-bond acceptors (Lipinski definition) is 1. The van der Waals surface area contributed by atoms with Crippen LogP contribution in [0.15, 0.2) is 24.3 Å². The van der Waals surface area contributed by atoms with Crippen LogP contribution < -0.4 is 0 Å². The lowest BCUT2D eigenvalue weighted by atomic mass is 9.88. The summed E-state index contributed by atoms with van der Waals surface area (Å²) in [5, 5.41) is 8.55. The van der Waals surface area contributed by atoms with Crippen LogP contribution in [0.5, 0.6) is 0 Å². The molecule has 22 heavy (non-hydrogen) atoms. The Morgan fingerprint density at radius 2 is 1.68 bits per heavy atom. The average Bonchev–Trinajstić information content (AvgIpc) is 2.93. The number of carboxylic acids is 1. The highest BCUT2D eigenvalue weighted by Gasteiger charge is 2.25. The average molecular weight is 306 g/mol. The van der Waals surface area contributed by atoms with Crippen LogP contribution >= 0.6 is 0 Å². The Balaban J connectivity index is 2.13. The van der Waals surface area contributed by atoms with Crippen LogP contribution in [0.4, 0.5) is 0 Å². The Hall–Kier alpha value is -1.05. The number of hydrogen-bond donors (Lipinski definition) is 1. The molecule has 1 aliphatic rings. The van der Waals surface area contributed by atoms with Gasteiger partial charge in [-0.25, -0.2) is 0 Å².